The number of fused-ring (bicyclic) bond motifs is 1. The standard InChI is InChI=1S/C19H24BrN3O3/c1-19(13-3-2-4-14(20)9-13)6-8-23(12-19)18(25)22-7-5-16-15(10-22)21-17(24)11-26-16/h2-4,9,15-16H,5-8,10-12H2,1H3,(H,21,24)/t15-,16+,19?/m1/s1. The molecule has 0 aromatic heterocycles. The molecule has 3 atom stereocenters. The number of rotatable bonds is 1. The topological polar surface area (TPSA) is 61.9 Å². The van der Waals surface area contributed by atoms with E-state index in [0.717, 1.165) is 30.4 Å². The normalized spacial score (nSPS) is 31.5. The fraction of sp³-hybridized carbons (Fsp3) is 0.579. The SMILES string of the molecule is CC1(c2cccc(Br)c2)CCN(C(=O)N2CC[C@@H]3OCC(=O)N[C@@H]3C2)C1. The molecule has 3 aliphatic rings. The van der Waals surface area contributed by atoms with Crippen LogP contribution >= 0.6 is 15.9 Å². The Morgan fingerprint density at radius 3 is 3.00 bits per heavy atom. The lowest BCUT2D eigenvalue weighted by molar-refractivity contribution is -0.139. The van der Waals surface area contributed by atoms with E-state index >= 15 is 0 Å². The fourth-order valence-electron chi connectivity index (χ4n) is 4.30. The monoisotopic (exact) mass is 421 g/mol. The molecule has 3 fully saturated rings. The molecule has 0 aliphatic carbocycles. The summed E-state index contributed by atoms with van der Waals surface area (Å²) < 4.78 is 6.65. The van der Waals surface area contributed by atoms with Crippen LogP contribution in [0.15, 0.2) is 28.7 Å². The molecule has 3 heterocycles. The highest BCUT2D eigenvalue weighted by Crippen LogP contribution is 2.36. The van der Waals surface area contributed by atoms with Crippen LogP contribution in [-0.2, 0) is 14.9 Å². The Bertz CT molecular complexity index is 728. The Labute approximate surface area is 162 Å². The number of hydrogen-bond donors (Lipinski definition) is 1. The van der Waals surface area contributed by atoms with Gasteiger partial charge >= 0.3 is 6.03 Å². The molecule has 26 heavy (non-hydrogen) atoms. The van der Waals surface area contributed by atoms with Crippen LogP contribution in [0.1, 0.15) is 25.3 Å². The molecular formula is C19H24BrN3O3. The highest BCUT2D eigenvalue weighted by Gasteiger charge is 2.41. The number of nitrogens with zero attached hydrogens (tertiary/aromatic N) is 2. The first-order valence-electron chi connectivity index (χ1n) is 9.15. The number of urea groups is 1. The minimum atomic E-state index is -0.0936. The predicted octanol–water partition coefficient (Wildman–Crippen LogP) is 2.12. The van der Waals surface area contributed by atoms with Crippen LogP contribution in [-0.4, -0.2) is 66.7 Å². The zero-order valence-electron chi connectivity index (χ0n) is 14.9. The summed E-state index contributed by atoms with van der Waals surface area (Å²) in [5.74, 6) is -0.0936. The maximum atomic E-state index is 13.0. The quantitative estimate of drug-likeness (QED) is 0.755. The average molecular weight is 422 g/mol. The highest BCUT2D eigenvalue weighted by molar-refractivity contribution is 9.10. The number of carbonyl (C=O) groups is 2. The van der Waals surface area contributed by atoms with Gasteiger partial charge in [-0.3, -0.25) is 4.79 Å². The molecule has 1 aromatic rings. The number of carbonyl (C=O) groups excluding carboxylic acids is 2. The van der Waals surface area contributed by atoms with E-state index in [9.17, 15) is 9.59 Å². The van der Waals surface area contributed by atoms with Crippen molar-refractivity contribution in [3.8, 4) is 0 Å². The predicted molar refractivity (Wildman–Crippen MR) is 101 cm³/mol. The van der Waals surface area contributed by atoms with Gasteiger partial charge in [-0.1, -0.05) is 35.0 Å². The maximum absolute atomic E-state index is 13.0. The Hall–Kier alpha value is -1.60. The first-order chi connectivity index (χ1) is 12.4. The van der Waals surface area contributed by atoms with Crippen LogP contribution in [0.25, 0.3) is 0 Å². The van der Waals surface area contributed by atoms with Crippen molar-refractivity contribution in [2.24, 2.45) is 0 Å². The molecule has 3 saturated heterocycles. The summed E-state index contributed by atoms with van der Waals surface area (Å²) in [5.41, 5.74) is 1.23. The van der Waals surface area contributed by atoms with Gasteiger partial charge in [0.2, 0.25) is 5.91 Å². The van der Waals surface area contributed by atoms with Crippen LogP contribution < -0.4 is 5.32 Å². The second-order valence-corrected chi connectivity index (χ2v) is 8.70. The van der Waals surface area contributed by atoms with E-state index in [-0.39, 0.29) is 36.1 Å². The van der Waals surface area contributed by atoms with E-state index in [1.165, 1.54) is 5.56 Å². The summed E-state index contributed by atoms with van der Waals surface area (Å²) in [6.07, 6.45) is 1.75. The lowest BCUT2D eigenvalue weighted by Gasteiger charge is -2.42. The number of benzene rings is 1. The maximum Gasteiger partial charge on any atom is 0.320 e. The van der Waals surface area contributed by atoms with E-state index in [4.69, 9.17) is 4.74 Å². The van der Waals surface area contributed by atoms with Crippen LogP contribution in [0.4, 0.5) is 4.79 Å². The average Bonchev–Trinajstić information content (AvgIpc) is 3.04. The molecule has 1 aromatic carbocycles. The van der Waals surface area contributed by atoms with E-state index in [2.05, 4.69) is 40.3 Å². The van der Waals surface area contributed by atoms with Crippen molar-refractivity contribution in [2.45, 2.75) is 37.3 Å². The molecule has 1 N–H and O–H groups in total. The fourth-order valence-corrected chi connectivity index (χ4v) is 4.70. The summed E-state index contributed by atoms with van der Waals surface area (Å²) in [4.78, 5) is 28.4. The Morgan fingerprint density at radius 2 is 2.19 bits per heavy atom. The van der Waals surface area contributed by atoms with Crippen molar-refractivity contribution in [2.75, 3.05) is 32.8 Å². The molecule has 1 unspecified atom stereocenters. The molecule has 4 rings (SSSR count). The molecule has 6 nitrogen and oxygen atoms in total. The number of ether oxygens (including phenoxy) is 1. The molecule has 0 radical (unpaired) electrons. The molecular weight excluding hydrogens is 398 g/mol. The van der Waals surface area contributed by atoms with Gasteiger partial charge in [-0.25, -0.2) is 4.79 Å². The van der Waals surface area contributed by atoms with E-state index in [1.807, 2.05) is 21.9 Å². The number of nitrogens with one attached hydrogen (secondary N) is 1. The Kier molecular flexibility index (Phi) is 4.69. The third-order valence-electron chi connectivity index (χ3n) is 5.86. The second-order valence-electron chi connectivity index (χ2n) is 7.78. The van der Waals surface area contributed by atoms with Crippen molar-refractivity contribution < 1.29 is 14.3 Å². The zero-order valence-corrected chi connectivity index (χ0v) is 16.5. The lowest BCUT2D eigenvalue weighted by Crippen LogP contribution is -2.62. The van der Waals surface area contributed by atoms with Crippen molar-refractivity contribution >= 4 is 27.9 Å². The number of halogens is 1. The molecule has 3 amide bonds. The second kappa shape index (κ2) is 6.85. The third kappa shape index (κ3) is 3.34. The summed E-state index contributed by atoms with van der Waals surface area (Å²) in [6.45, 7) is 5.04. The summed E-state index contributed by atoms with van der Waals surface area (Å²) in [6, 6.07) is 8.34. The number of amides is 3. The van der Waals surface area contributed by atoms with Gasteiger partial charge in [-0.15, -0.1) is 0 Å². The largest absolute Gasteiger partial charge is 0.366 e. The Balaban J connectivity index is 1.42. The van der Waals surface area contributed by atoms with Gasteiger partial charge < -0.3 is 19.9 Å². The number of piperidine rings is 1. The van der Waals surface area contributed by atoms with Gasteiger partial charge in [0.05, 0.1) is 12.1 Å². The molecule has 140 valence electrons. The van der Waals surface area contributed by atoms with Gasteiger partial charge in [0.15, 0.2) is 0 Å². The minimum absolute atomic E-state index is 0.0278. The zero-order chi connectivity index (χ0) is 18.3. The smallest absolute Gasteiger partial charge is 0.320 e. The van der Waals surface area contributed by atoms with Gasteiger partial charge in [-0.2, -0.15) is 0 Å². The van der Waals surface area contributed by atoms with Crippen molar-refractivity contribution in [3.05, 3.63) is 34.3 Å². The number of likely N-dealkylation sites (tertiary alicyclic amines) is 2. The van der Waals surface area contributed by atoms with Crippen LogP contribution in [0, 0.1) is 0 Å². The minimum Gasteiger partial charge on any atom is -0.366 e. The van der Waals surface area contributed by atoms with E-state index in [1.54, 1.807) is 0 Å². The Morgan fingerprint density at radius 1 is 1.35 bits per heavy atom. The van der Waals surface area contributed by atoms with Gasteiger partial charge in [0.25, 0.3) is 0 Å². The van der Waals surface area contributed by atoms with E-state index < -0.39 is 0 Å². The highest BCUT2D eigenvalue weighted by atomic mass is 79.9. The third-order valence-corrected chi connectivity index (χ3v) is 6.35. The number of hydrogen-bond acceptors (Lipinski definition) is 3. The van der Waals surface area contributed by atoms with Crippen molar-refractivity contribution in [3.63, 3.8) is 0 Å². The molecule has 7 heteroatoms. The van der Waals surface area contributed by atoms with Gasteiger partial charge in [0, 0.05) is 36.1 Å². The van der Waals surface area contributed by atoms with Crippen molar-refractivity contribution in [1.29, 1.82) is 0 Å². The molecule has 3 aliphatic heterocycles. The molecule has 0 spiro atoms. The first kappa shape index (κ1) is 17.8. The first-order valence-corrected chi connectivity index (χ1v) is 9.95. The van der Waals surface area contributed by atoms with Crippen LogP contribution in [0.3, 0.4) is 0 Å². The molecule has 0 bridgehead atoms. The van der Waals surface area contributed by atoms with Gasteiger partial charge in [0.1, 0.15) is 6.61 Å². The van der Waals surface area contributed by atoms with Crippen LogP contribution in [0.2, 0.25) is 0 Å². The van der Waals surface area contributed by atoms with E-state index in [0.29, 0.717) is 13.1 Å². The number of morpholine rings is 1. The lowest BCUT2D eigenvalue weighted by atomic mass is 9.82. The van der Waals surface area contributed by atoms with Gasteiger partial charge in [-0.05, 0) is 30.5 Å². The summed E-state index contributed by atoms with van der Waals surface area (Å²) in [7, 11) is 0. The molecule has 0 saturated carbocycles. The van der Waals surface area contributed by atoms with Crippen molar-refractivity contribution in [1.82, 2.24) is 15.1 Å². The van der Waals surface area contributed by atoms with Crippen LogP contribution in [0.5, 0.6) is 0 Å². The summed E-state index contributed by atoms with van der Waals surface area (Å²) in [5, 5.41) is 2.96. The summed E-state index contributed by atoms with van der Waals surface area (Å²) >= 11 is 3.54.